The summed E-state index contributed by atoms with van der Waals surface area (Å²) in [6.45, 7) is 5.59. The van der Waals surface area contributed by atoms with Crippen LogP contribution in [0.2, 0.25) is 0 Å². The summed E-state index contributed by atoms with van der Waals surface area (Å²) in [4.78, 5) is 27.4. The van der Waals surface area contributed by atoms with Gasteiger partial charge in [0.15, 0.2) is 5.65 Å². The Bertz CT molecular complexity index is 664. The molecule has 2 aromatic heterocycles. The Morgan fingerprint density at radius 3 is 2.80 bits per heavy atom. The molecule has 2 N–H and O–H groups in total. The number of fused-ring (bicyclic) bond motifs is 1. The average Bonchev–Trinajstić information content (AvgIpc) is 2.80. The highest BCUT2D eigenvalue weighted by atomic mass is 16.5. The van der Waals surface area contributed by atoms with E-state index in [4.69, 9.17) is 0 Å². The molecule has 106 valence electrons. The third-order valence-corrected chi connectivity index (χ3v) is 2.58. The summed E-state index contributed by atoms with van der Waals surface area (Å²) >= 11 is 0. The molecule has 0 aliphatic heterocycles. The normalized spacial score (nSPS) is 10.3. The number of carbonyl (C=O) groups is 2. The van der Waals surface area contributed by atoms with Crippen LogP contribution in [0.15, 0.2) is 12.3 Å². The minimum Gasteiger partial charge on any atom is -0.449 e. The molecule has 0 aliphatic rings. The van der Waals surface area contributed by atoms with Crippen molar-refractivity contribution >= 4 is 17.6 Å². The SMILES string of the molecule is CCOC(=O)NNC(=O)c1cnn2c(C)cc(C)nc12. The van der Waals surface area contributed by atoms with E-state index in [0.717, 1.165) is 11.4 Å². The number of amides is 2. The Morgan fingerprint density at radius 2 is 2.10 bits per heavy atom. The molecule has 0 spiro atoms. The number of aromatic nitrogens is 3. The molecule has 0 radical (unpaired) electrons. The standard InChI is InChI=1S/C12H15N5O3/c1-4-20-12(19)16-15-11(18)9-6-13-17-8(3)5-7(2)14-10(9)17/h5-6H,4H2,1-3H3,(H,15,18)(H,16,19). The number of rotatable bonds is 2. The van der Waals surface area contributed by atoms with Gasteiger partial charge in [-0.3, -0.25) is 10.2 Å². The Labute approximate surface area is 115 Å². The maximum atomic E-state index is 12.0. The van der Waals surface area contributed by atoms with E-state index >= 15 is 0 Å². The Hall–Kier alpha value is -2.64. The van der Waals surface area contributed by atoms with Gasteiger partial charge < -0.3 is 4.74 Å². The molecule has 2 rings (SSSR count). The molecule has 0 unspecified atom stereocenters. The molecule has 0 aromatic carbocycles. The summed E-state index contributed by atoms with van der Waals surface area (Å²) in [5, 5.41) is 4.09. The van der Waals surface area contributed by atoms with E-state index in [1.807, 2.05) is 19.9 Å². The molecule has 20 heavy (non-hydrogen) atoms. The number of hydrazine groups is 1. The molecule has 0 bridgehead atoms. The second kappa shape index (κ2) is 5.55. The molecule has 0 saturated carbocycles. The summed E-state index contributed by atoms with van der Waals surface area (Å²) in [7, 11) is 0. The molecule has 0 atom stereocenters. The predicted molar refractivity (Wildman–Crippen MR) is 70.1 cm³/mol. The lowest BCUT2D eigenvalue weighted by Gasteiger charge is -2.06. The largest absolute Gasteiger partial charge is 0.449 e. The summed E-state index contributed by atoms with van der Waals surface area (Å²) in [6.07, 6.45) is 0.675. The lowest BCUT2D eigenvalue weighted by atomic mass is 10.3. The van der Waals surface area contributed by atoms with Crippen molar-refractivity contribution in [2.75, 3.05) is 6.61 Å². The first-order chi connectivity index (χ1) is 9.52. The number of ether oxygens (including phenoxy) is 1. The van der Waals surface area contributed by atoms with Crippen molar-refractivity contribution in [2.24, 2.45) is 0 Å². The van der Waals surface area contributed by atoms with Crippen LogP contribution in [-0.2, 0) is 4.74 Å². The van der Waals surface area contributed by atoms with Crippen LogP contribution in [0.4, 0.5) is 4.79 Å². The first-order valence-corrected chi connectivity index (χ1v) is 6.08. The highest BCUT2D eigenvalue weighted by Gasteiger charge is 2.16. The fourth-order valence-electron chi connectivity index (χ4n) is 1.77. The minimum atomic E-state index is -0.724. The molecular formula is C12H15N5O3. The summed E-state index contributed by atoms with van der Waals surface area (Å²) in [6, 6.07) is 1.86. The third-order valence-electron chi connectivity index (χ3n) is 2.58. The van der Waals surface area contributed by atoms with E-state index in [9.17, 15) is 9.59 Å². The van der Waals surface area contributed by atoms with Gasteiger partial charge in [0.25, 0.3) is 5.91 Å². The molecule has 0 aliphatic carbocycles. The maximum absolute atomic E-state index is 12.0. The molecule has 2 amide bonds. The van der Waals surface area contributed by atoms with Crippen LogP contribution in [-0.4, -0.2) is 33.2 Å². The number of hydrogen-bond acceptors (Lipinski definition) is 5. The van der Waals surface area contributed by atoms with Crippen LogP contribution in [0, 0.1) is 13.8 Å². The van der Waals surface area contributed by atoms with E-state index < -0.39 is 12.0 Å². The maximum Gasteiger partial charge on any atom is 0.426 e. The van der Waals surface area contributed by atoms with E-state index in [1.165, 1.54) is 6.20 Å². The molecular weight excluding hydrogens is 262 g/mol. The molecule has 0 fully saturated rings. The van der Waals surface area contributed by atoms with Crippen LogP contribution in [0.25, 0.3) is 5.65 Å². The van der Waals surface area contributed by atoms with Crippen molar-refractivity contribution in [3.63, 3.8) is 0 Å². The highest BCUT2D eigenvalue weighted by molar-refractivity contribution is 6.00. The van der Waals surface area contributed by atoms with Gasteiger partial charge in [-0.2, -0.15) is 5.10 Å². The first kappa shape index (κ1) is 13.8. The van der Waals surface area contributed by atoms with Crippen LogP contribution >= 0.6 is 0 Å². The fraction of sp³-hybridized carbons (Fsp3) is 0.333. The Balaban J connectivity index is 2.20. The van der Waals surface area contributed by atoms with Gasteiger partial charge in [0, 0.05) is 11.4 Å². The summed E-state index contributed by atoms with van der Waals surface area (Å²) < 4.78 is 6.20. The minimum absolute atomic E-state index is 0.221. The van der Waals surface area contributed by atoms with Gasteiger partial charge in [-0.25, -0.2) is 19.7 Å². The average molecular weight is 277 g/mol. The molecule has 8 heteroatoms. The van der Waals surface area contributed by atoms with Crippen molar-refractivity contribution < 1.29 is 14.3 Å². The van der Waals surface area contributed by atoms with E-state index in [0.29, 0.717) is 5.65 Å². The highest BCUT2D eigenvalue weighted by Crippen LogP contribution is 2.11. The Morgan fingerprint density at radius 1 is 1.35 bits per heavy atom. The molecule has 0 saturated heterocycles. The van der Waals surface area contributed by atoms with Gasteiger partial charge in [0.2, 0.25) is 0 Å². The number of nitrogens with zero attached hydrogens (tertiary/aromatic N) is 3. The van der Waals surface area contributed by atoms with E-state index in [2.05, 4.69) is 25.7 Å². The number of aryl methyl sites for hydroxylation is 2. The van der Waals surface area contributed by atoms with Crippen molar-refractivity contribution in [3.05, 3.63) is 29.2 Å². The second-order valence-electron chi connectivity index (χ2n) is 4.13. The lowest BCUT2D eigenvalue weighted by Crippen LogP contribution is -2.41. The van der Waals surface area contributed by atoms with Crippen LogP contribution in [0.3, 0.4) is 0 Å². The van der Waals surface area contributed by atoms with Gasteiger partial charge in [0.05, 0.1) is 12.8 Å². The van der Waals surface area contributed by atoms with Crippen molar-refractivity contribution in [3.8, 4) is 0 Å². The fourth-order valence-corrected chi connectivity index (χ4v) is 1.77. The van der Waals surface area contributed by atoms with E-state index in [1.54, 1.807) is 11.4 Å². The molecule has 2 heterocycles. The zero-order valence-corrected chi connectivity index (χ0v) is 11.4. The zero-order valence-electron chi connectivity index (χ0n) is 11.4. The predicted octanol–water partition coefficient (Wildman–Crippen LogP) is 0.737. The lowest BCUT2D eigenvalue weighted by molar-refractivity contribution is 0.0914. The topological polar surface area (TPSA) is 97.6 Å². The molecule has 2 aromatic rings. The number of carbonyl (C=O) groups excluding carboxylic acids is 2. The smallest absolute Gasteiger partial charge is 0.426 e. The van der Waals surface area contributed by atoms with Gasteiger partial charge >= 0.3 is 6.09 Å². The van der Waals surface area contributed by atoms with Crippen LogP contribution in [0.1, 0.15) is 28.7 Å². The monoisotopic (exact) mass is 277 g/mol. The van der Waals surface area contributed by atoms with Crippen molar-refractivity contribution in [1.82, 2.24) is 25.4 Å². The van der Waals surface area contributed by atoms with Crippen LogP contribution in [0.5, 0.6) is 0 Å². The van der Waals surface area contributed by atoms with Gasteiger partial charge in [0.1, 0.15) is 5.56 Å². The van der Waals surface area contributed by atoms with E-state index in [-0.39, 0.29) is 12.2 Å². The van der Waals surface area contributed by atoms with Gasteiger partial charge in [-0.15, -0.1) is 0 Å². The second-order valence-corrected chi connectivity index (χ2v) is 4.13. The summed E-state index contributed by atoms with van der Waals surface area (Å²) in [5.74, 6) is -0.509. The van der Waals surface area contributed by atoms with Crippen molar-refractivity contribution in [2.45, 2.75) is 20.8 Å². The molecule has 8 nitrogen and oxygen atoms in total. The zero-order chi connectivity index (χ0) is 14.7. The number of hydrogen-bond donors (Lipinski definition) is 2. The van der Waals surface area contributed by atoms with Crippen LogP contribution < -0.4 is 10.9 Å². The third kappa shape index (κ3) is 2.68. The summed E-state index contributed by atoms with van der Waals surface area (Å²) in [5.41, 5.74) is 6.74. The van der Waals surface area contributed by atoms with Crippen molar-refractivity contribution in [1.29, 1.82) is 0 Å². The number of nitrogens with one attached hydrogen (secondary N) is 2. The van der Waals surface area contributed by atoms with Gasteiger partial charge in [-0.05, 0) is 26.8 Å². The van der Waals surface area contributed by atoms with Gasteiger partial charge in [-0.1, -0.05) is 0 Å². The first-order valence-electron chi connectivity index (χ1n) is 6.08. The quantitative estimate of drug-likeness (QED) is 0.789. The Kier molecular flexibility index (Phi) is 3.83.